The van der Waals surface area contributed by atoms with Crippen molar-refractivity contribution >= 4 is 12.0 Å². The SMILES string of the molecule is Cc1ccc(C=CC(=O)OCc2nc(C(C)(C)C)no2)o1. The molecule has 0 aliphatic heterocycles. The molecule has 0 bridgehead atoms. The fourth-order valence-corrected chi connectivity index (χ4v) is 1.49. The molecule has 0 unspecified atom stereocenters. The maximum Gasteiger partial charge on any atom is 0.331 e. The summed E-state index contributed by atoms with van der Waals surface area (Å²) in [4.78, 5) is 15.7. The molecule has 0 spiro atoms. The van der Waals surface area contributed by atoms with Crippen molar-refractivity contribution in [3.63, 3.8) is 0 Å². The molecule has 0 radical (unpaired) electrons. The smallest absolute Gasteiger partial charge is 0.331 e. The molecule has 2 aromatic heterocycles. The van der Waals surface area contributed by atoms with E-state index in [0.717, 1.165) is 5.76 Å². The molecule has 0 saturated heterocycles. The highest BCUT2D eigenvalue weighted by Gasteiger charge is 2.21. The molecule has 0 aliphatic rings. The molecule has 6 nitrogen and oxygen atoms in total. The molecule has 6 heteroatoms. The normalized spacial score (nSPS) is 12.0. The molecule has 2 rings (SSSR count). The van der Waals surface area contributed by atoms with Gasteiger partial charge in [0.15, 0.2) is 12.4 Å². The number of carbonyl (C=O) groups is 1. The van der Waals surface area contributed by atoms with Gasteiger partial charge in [-0.1, -0.05) is 25.9 Å². The van der Waals surface area contributed by atoms with Gasteiger partial charge in [0.25, 0.3) is 5.89 Å². The molecule has 0 aromatic carbocycles. The van der Waals surface area contributed by atoms with Gasteiger partial charge in [-0.3, -0.25) is 0 Å². The lowest BCUT2D eigenvalue weighted by Gasteiger charge is -2.10. The number of rotatable bonds is 4. The summed E-state index contributed by atoms with van der Waals surface area (Å²) < 4.78 is 15.3. The number of aryl methyl sites for hydroxylation is 1. The fraction of sp³-hybridized carbons (Fsp3) is 0.400. The van der Waals surface area contributed by atoms with Crippen LogP contribution in [0.5, 0.6) is 0 Å². The van der Waals surface area contributed by atoms with Crippen LogP contribution in [0.15, 0.2) is 27.1 Å². The molecule has 0 fully saturated rings. The van der Waals surface area contributed by atoms with Crippen LogP contribution in [-0.4, -0.2) is 16.1 Å². The number of esters is 1. The van der Waals surface area contributed by atoms with Crippen molar-refractivity contribution in [3.8, 4) is 0 Å². The first kappa shape index (κ1) is 15.0. The highest BCUT2D eigenvalue weighted by Crippen LogP contribution is 2.18. The number of nitrogens with zero attached hydrogens (tertiary/aromatic N) is 2. The van der Waals surface area contributed by atoms with E-state index in [1.54, 1.807) is 12.1 Å². The molecule has 21 heavy (non-hydrogen) atoms. The number of ether oxygens (including phenoxy) is 1. The molecular formula is C15H18N2O4. The Balaban J connectivity index is 1.86. The van der Waals surface area contributed by atoms with E-state index in [1.165, 1.54) is 6.08 Å². The van der Waals surface area contributed by atoms with Crippen molar-refractivity contribution < 1.29 is 18.5 Å². The number of aromatic nitrogens is 2. The molecule has 0 aliphatic carbocycles. The summed E-state index contributed by atoms with van der Waals surface area (Å²) >= 11 is 0. The Hall–Kier alpha value is -2.37. The van der Waals surface area contributed by atoms with Crippen LogP contribution in [0.3, 0.4) is 0 Å². The predicted molar refractivity (Wildman–Crippen MR) is 75.3 cm³/mol. The third-order valence-electron chi connectivity index (χ3n) is 2.62. The lowest BCUT2D eigenvalue weighted by Crippen LogP contribution is -2.13. The van der Waals surface area contributed by atoms with Crippen molar-refractivity contribution in [1.82, 2.24) is 10.1 Å². The van der Waals surface area contributed by atoms with Gasteiger partial charge in [-0.2, -0.15) is 4.98 Å². The summed E-state index contributed by atoms with van der Waals surface area (Å²) in [5.41, 5.74) is -0.206. The summed E-state index contributed by atoms with van der Waals surface area (Å²) in [5.74, 6) is 1.73. The average Bonchev–Trinajstić information content (AvgIpc) is 3.02. The van der Waals surface area contributed by atoms with E-state index in [2.05, 4.69) is 10.1 Å². The van der Waals surface area contributed by atoms with Gasteiger partial charge in [-0.05, 0) is 25.1 Å². The Morgan fingerprint density at radius 3 is 2.71 bits per heavy atom. The first-order valence-electron chi connectivity index (χ1n) is 6.59. The molecule has 2 aromatic rings. The van der Waals surface area contributed by atoms with E-state index in [1.807, 2.05) is 33.8 Å². The lowest BCUT2D eigenvalue weighted by atomic mass is 9.96. The van der Waals surface area contributed by atoms with Crippen LogP contribution in [0.1, 0.15) is 44.0 Å². The highest BCUT2D eigenvalue weighted by molar-refractivity contribution is 5.86. The zero-order valence-corrected chi connectivity index (χ0v) is 12.5. The second-order valence-electron chi connectivity index (χ2n) is 5.65. The third-order valence-corrected chi connectivity index (χ3v) is 2.62. The van der Waals surface area contributed by atoms with Crippen LogP contribution in [0.25, 0.3) is 6.08 Å². The Labute approximate surface area is 122 Å². The summed E-state index contributed by atoms with van der Waals surface area (Å²) in [6.07, 6.45) is 2.84. The Morgan fingerprint density at radius 1 is 1.38 bits per heavy atom. The van der Waals surface area contributed by atoms with Crippen LogP contribution >= 0.6 is 0 Å². The Kier molecular flexibility index (Phi) is 4.26. The zero-order valence-electron chi connectivity index (χ0n) is 12.5. The van der Waals surface area contributed by atoms with Gasteiger partial charge in [0.05, 0.1) is 0 Å². The van der Waals surface area contributed by atoms with E-state index >= 15 is 0 Å². The van der Waals surface area contributed by atoms with E-state index in [9.17, 15) is 4.79 Å². The van der Waals surface area contributed by atoms with Crippen LogP contribution < -0.4 is 0 Å². The van der Waals surface area contributed by atoms with Crippen LogP contribution in [0, 0.1) is 6.92 Å². The van der Waals surface area contributed by atoms with Gasteiger partial charge in [0.2, 0.25) is 0 Å². The fourth-order valence-electron chi connectivity index (χ4n) is 1.49. The summed E-state index contributed by atoms with van der Waals surface area (Å²) in [6, 6.07) is 3.59. The van der Waals surface area contributed by atoms with E-state index < -0.39 is 5.97 Å². The maximum atomic E-state index is 11.6. The maximum absolute atomic E-state index is 11.6. The first-order valence-corrected chi connectivity index (χ1v) is 6.59. The van der Waals surface area contributed by atoms with Gasteiger partial charge in [-0.15, -0.1) is 0 Å². The largest absolute Gasteiger partial charge is 0.462 e. The number of hydrogen-bond acceptors (Lipinski definition) is 6. The summed E-state index contributed by atoms with van der Waals surface area (Å²) in [6.45, 7) is 7.70. The molecular weight excluding hydrogens is 272 g/mol. The van der Waals surface area contributed by atoms with Gasteiger partial charge in [0, 0.05) is 11.5 Å². The van der Waals surface area contributed by atoms with E-state index in [4.69, 9.17) is 13.7 Å². The van der Waals surface area contributed by atoms with Crippen LogP contribution in [0.4, 0.5) is 0 Å². The lowest BCUT2D eigenvalue weighted by molar-refractivity contribution is -0.139. The highest BCUT2D eigenvalue weighted by atomic mass is 16.6. The van der Waals surface area contributed by atoms with Gasteiger partial charge >= 0.3 is 5.97 Å². The van der Waals surface area contributed by atoms with Crippen molar-refractivity contribution in [1.29, 1.82) is 0 Å². The topological polar surface area (TPSA) is 78.4 Å². The second kappa shape index (κ2) is 5.95. The molecule has 0 N–H and O–H groups in total. The number of carbonyl (C=O) groups excluding carboxylic acids is 1. The van der Waals surface area contributed by atoms with E-state index in [-0.39, 0.29) is 17.9 Å². The van der Waals surface area contributed by atoms with Gasteiger partial charge in [-0.25, -0.2) is 4.79 Å². The predicted octanol–water partition coefficient (Wildman–Crippen LogP) is 3.03. The molecule has 2 heterocycles. The minimum absolute atomic E-state index is 0.0521. The van der Waals surface area contributed by atoms with E-state index in [0.29, 0.717) is 11.6 Å². The summed E-state index contributed by atoms with van der Waals surface area (Å²) in [7, 11) is 0. The minimum Gasteiger partial charge on any atom is -0.462 e. The molecule has 0 amide bonds. The van der Waals surface area contributed by atoms with Crippen molar-refractivity contribution in [2.75, 3.05) is 0 Å². The number of hydrogen-bond donors (Lipinski definition) is 0. The third kappa shape index (κ3) is 4.30. The van der Waals surface area contributed by atoms with Gasteiger partial charge < -0.3 is 13.7 Å². The van der Waals surface area contributed by atoms with Crippen molar-refractivity contribution in [2.24, 2.45) is 0 Å². The van der Waals surface area contributed by atoms with Gasteiger partial charge in [0.1, 0.15) is 11.5 Å². The van der Waals surface area contributed by atoms with Crippen molar-refractivity contribution in [3.05, 3.63) is 41.4 Å². The molecule has 112 valence electrons. The number of furan rings is 1. The minimum atomic E-state index is -0.500. The Morgan fingerprint density at radius 2 is 2.14 bits per heavy atom. The molecule has 0 saturated carbocycles. The van der Waals surface area contributed by atoms with Crippen molar-refractivity contribution in [2.45, 2.75) is 39.7 Å². The zero-order chi connectivity index (χ0) is 15.5. The average molecular weight is 290 g/mol. The van der Waals surface area contributed by atoms with Crippen LogP contribution in [-0.2, 0) is 21.6 Å². The molecule has 0 atom stereocenters. The second-order valence-corrected chi connectivity index (χ2v) is 5.65. The quantitative estimate of drug-likeness (QED) is 0.636. The summed E-state index contributed by atoms with van der Waals surface area (Å²) in [5, 5.41) is 3.85. The first-order chi connectivity index (χ1) is 9.84. The Bertz CT molecular complexity index is 647. The standard InChI is InChI=1S/C15H18N2O4/c1-10-5-6-11(20-10)7-8-13(18)19-9-12-16-14(17-21-12)15(2,3)4/h5-8H,9H2,1-4H3. The van der Waals surface area contributed by atoms with Crippen LogP contribution in [0.2, 0.25) is 0 Å². The monoisotopic (exact) mass is 290 g/mol.